The Hall–Kier alpha value is -2.89. The number of anilines is 1. The summed E-state index contributed by atoms with van der Waals surface area (Å²) in [6, 6.07) is 14.0. The van der Waals surface area contributed by atoms with Crippen molar-refractivity contribution >= 4 is 17.1 Å². The van der Waals surface area contributed by atoms with Gasteiger partial charge in [-0.1, -0.05) is 6.07 Å². The third-order valence-electron chi connectivity index (χ3n) is 4.68. The van der Waals surface area contributed by atoms with Crippen molar-refractivity contribution < 1.29 is 9.18 Å². The molecule has 128 valence electrons. The quantitative estimate of drug-likeness (QED) is 0.796. The Morgan fingerprint density at radius 1 is 1.20 bits per heavy atom. The maximum atomic E-state index is 13.0. The number of benzene rings is 1. The lowest BCUT2D eigenvalue weighted by Gasteiger charge is -2.19. The van der Waals surface area contributed by atoms with E-state index in [-0.39, 0.29) is 11.7 Å². The molecule has 1 amide bonds. The summed E-state index contributed by atoms with van der Waals surface area (Å²) in [7, 11) is 0. The second-order valence-electron chi connectivity index (χ2n) is 6.37. The molecule has 0 spiro atoms. The van der Waals surface area contributed by atoms with Crippen LogP contribution in [-0.4, -0.2) is 35.2 Å². The molecule has 6 heteroatoms. The summed E-state index contributed by atoms with van der Waals surface area (Å²) in [5.74, 6) is 0.0416. The molecule has 0 unspecified atom stereocenters. The van der Waals surface area contributed by atoms with Crippen LogP contribution in [0.5, 0.6) is 0 Å². The highest BCUT2D eigenvalue weighted by atomic mass is 19.1. The first-order chi connectivity index (χ1) is 12.2. The topological polar surface area (TPSA) is 49.6 Å². The van der Waals surface area contributed by atoms with Crippen LogP contribution in [0.4, 0.5) is 10.1 Å². The van der Waals surface area contributed by atoms with Gasteiger partial charge in [0.15, 0.2) is 0 Å². The Balaban J connectivity index is 1.37. The number of nitrogens with one attached hydrogen (secondary N) is 1. The zero-order chi connectivity index (χ0) is 17.2. The van der Waals surface area contributed by atoms with Gasteiger partial charge in [0.2, 0.25) is 0 Å². The van der Waals surface area contributed by atoms with Crippen LogP contribution < -0.4 is 10.2 Å². The highest BCUT2D eigenvalue weighted by molar-refractivity contribution is 5.93. The molecular formula is C19H19FN4O. The summed E-state index contributed by atoms with van der Waals surface area (Å²) >= 11 is 0. The van der Waals surface area contributed by atoms with E-state index in [0.717, 1.165) is 30.7 Å². The smallest absolute Gasteiger partial charge is 0.269 e. The van der Waals surface area contributed by atoms with E-state index in [1.54, 1.807) is 28.9 Å². The second-order valence-corrected chi connectivity index (χ2v) is 6.37. The Morgan fingerprint density at radius 3 is 2.88 bits per heavy atom. The van der Waals surface area contributed by atoms with Crippen LogP contribution in [0, 0.1) is 11.7 Å². The molecule has 0 bridgehead atoms. The number of nitrogens with zero attached hydrogens (tertiary/aromatic N) is 3. The number of carbonyl (C=O) groups excluding carboxylic acids is 1. The standard InChI is InChI=1S/C19H19FN4O/c20-15-4-6-16(7-5-15)23-11-9-14(13-23)12-21-19(25)18-3-1-2-17-8-10-22-24(17)18/h1-8,10,14H,9,11-13H2,(H,21,25)/t14-/m0/s1. The summed E-state index contributed by atoms with van der Waals surface area (Å²) in [6.07, 6.45) is 2.69. The van der Waals surface area contributed by atoms with E-state index in [4.69, 9.17) is 0 Å². The zero-order valence-corrected chi connectivity index (χ0v) is 13.7. The van der Waals surface area contributed by atoms with Gasteiger partial charge < -0.3 is 10.2 Å². The third kappa shape index (κ3) is 3.20. The minimum Gasteiger partial charge on any atom is -0.371 e. The van der Waals surface area contributed by atoms with Crippen molar-refractivity contribution in [2.75, 3.05) is 24.5 Å². The summed E-state index contributed by atoms with van der Waals surface area (Å²) in [5.41, 5.74) is 2.46. The van der Waals surface area contributed by atoms with Crippen molar-refractivity contribution in [3.8, 4) is 0 Å². The van der Waals surface area contributed by atoms with Crippen LogP contribution in [0.15, 0.2) is 54.7 Å². The lowest BCUT2D eigenvalue weighted by Crippen LogP contribution is -2.32. The number of rotatable bonds is 4. The molecule has 25 heavy (non-hydrogen) atoms. The number of aromatic nitrogens is 2. The first kappa shape index (κ1) is 15.6. The molecular weight excluding hydrogens is 319 g/mol. The molecule has 5 nitrogen and oxygen atoms in total. The summed E-state index contributed by atoms with van der Waals surface area (Å²) in [5, 5.41) is 7.21. The van der Waals surface area contributed by atoms with Gasteiger partial charge in [0.05, 0.1) is 11.7 Å². The van der Waals surface area contributed by atoms with E-state index < -0.39 is 0 Å². The number of hydrogen-bond acceptors (Lipinski definition) is 3. The third-order valence-corrected chi connectivity index (χ3v) is 4.68. The largest absolute Gasteiger partial charge is 0.371 e. The highest BCUT2D eigenvalue weighted by Crippen LogP contribution is 2.23. The van der Waals surface area contributed by atoms with Gasteiger partial charge in [-0.15, -0.1) is 0 Å². The number of fused-ring (bicyclic) bond motifs is 1. The minimum atomic E-state index is -0.223. The molecule has 2 aromatic heterocycles. The van der Waals surface area contributed by atoms with E-state index in [9.17, 15) is 9.18 Å². The van der Waals surface area contributed by atoms with Gasteiger partial charge in [0.1, 0.15) is 11.5 Å². The van der Waals surface area contributed by atoms with Crippen LogP contribution in [-0.2, 0) is 0 Å². The number of carbonyl (C=O) groups is 1. The van der Waals surface area contributed by atoms with Crippen molar-refractivity contribution in [1.82, 2.24) is 14.9 Å². The zero-order valence-electron chi connectivity index (χ0n) is 13.7. The Bertz CT molecular complexity index is 890. The molecule has 1 aromatic carbocycles. The normalized spacial score (nSPS) is 17.2. The van der Waals surface area contributed by atoms with Crippen LogP contribution in [0.3, 0.4) is 0 Å². The fourth-order valence-electron chi connectivity index (χ4n) is 3.33. The minimum absolute atomic E-state index is 0.116. The van der Waals surface area contributed by atoms with Gasteiger partial charge in [-0.05, 0) is 54.8 Å². The Kier molecular flexibility index (Phi) is 4.09. The number of pyridine rings is 1. The Labute approximate surface area is 145 Å². The number of halogens is 1. The van der Waals surface area contributed by atoms with Crippen LogP contribution >= 0.6 is 0 Å². The van der Waals surface area contributed by atoms with Gasteiger partial charge in [-0.2, -0.15) is 5.10 Å². The molecule has 4 rings (SSSR count). The maximum absolute atomic E-state index is 13.0. The summed E-state index contributed by atoms with van der Waals surface area (Å²) in [6.45, 7) is 2.40. The maximum Gasteiger partial charge on any atom is 0.269 e. The number of hydrogen-bond donors (Lipinski definition) is 1. The first-order valence-corrected chi connectivity index (χ1v) is 8.42. The lowest BCUT2D eigenvalue weighted by atomic mass is 10.1. The highest BCUT2D eigenvalue weighted by Gasteiger charge is 2.23. The van der Waals surface area contributed by atoms with E-state index in [1.807, 2.05) is 18.2 Å². The summed E-state index contributed by atoms with van der Waals surface area (Å²) in [4.78, 5) is 14.7. The van der Waals surface area contributed by atoms with Gasteiger partial charge in [-0.25, -0.2) is 8.91 Å². The fraction of sp³-hybridized carbons (Fsp3) is 0.263. The molecule has 0 aliphatic carbocycles. The number of amides is 1. The molecule has 1 N–H and O–H groups in total. The van der Waals surface area contributed by atoms with Crippen molar-refractivity contribution in [1.29, 1.82) is 0 Å². The molecule has 3 aromatic rings. The van der Waals surface area contributed by atoms with Crippen molar-refractivity contribution in [3.05, 3.63) is 66.2 Å². The van der Waals surface area contributed by atoms with Crippen molar-refractivity contribution in [3.63, 3.8) is 0 Å². The molecule has 3 heterocycles. The summed E-state index contributed by atoms with van der Waals surface area (Å²) < 4.78 is 14.7. The van der Waals surface area contributed by atoms with Crippen LogP contribution in [0.1, 0.15) is 16.9 Å². The molecule has 1 aliphatic heterocycles. The average molecular weight is 338 g/mol. The fourth-order valence-corrected chi connectivity index (χ4v) is 3.33. The molecule has 1 atom stereocenters. The molecule has 0 radical (unpaired) electrons. The molecule has 1 saturated heterocycles. The first-order valence-electron chi connectivity index (χ1n) is 8.42. The van der Waals surface area contributed by atoms with Gasteiger partial charge in [-0.3, -0.25) is 4.79 Å². The predicted octanol–water partition coefficient (Wildman–Crippen LogP) is 2.73. The van der Waals surface area contributed by atoms with E-state index in [0.29, 0.717) is 18.2 Å². The Morgan fingerprint density at radius 2 is 2.04 bits per heavy atom. The molecule has 1 fully saturated rings. The second kappa shape index (κ2) is 6.55. The van der Waals surface area contributed by atoms with E-state index >= 15 is 0 Å². The van der Waals surface area contributed by atoms with E-state index in [1.165, 1.54) is 12.1 Å². The average Bonchev–Trinajstić information content (AvgIpc) is 3.29. The van der Waals surface area contributed by atoms with E-state index in [2.05, 4.69) is 15.3 Å². The van der Waals surface area contributed by atoms with Gasteiger partial charge in [0, 0.05) is 25.3 Å². The monoisotopic (exact) mass is 338 g/mol. The SMILES string of the molecule is O=C(NC[C@@H]1CCN(c2ccc(F)cc2)C1)c1cccc2ccnn12. The van der Waals surface area contributed by atoms with Crippen molar-refractivity contribution in [2.24, 2.45) is 5.92 Å². The van der Waals surface area contributed by atoms with Gasteiger partial charge >= 0.3 is 0 Å². The molecule has 1 aliphatic rings. The van der Waals surface area contributed by atoms with Crippen LogP contribution in [0.25, 0.3) is 5.52 Å². The van der Waals surface area contributed by atoms with Crippen LogP contribution in [0.2, 0.25) is 0 Å². The lowest BCUT2D eigenvalue weighted by molar-refractivity contribution is 0.0941. The molecule has 0 saturated carbocycles. The van der Waals surface area contributed by atoms with Crippen molar-refractivity contribution in [2.45, 2.75) is 6.42 Å². The van der Waals surface area contributed by atoms with Gasteiger partial charge in [0.25, 0.3) is 5.91 Å². The predicted molar refractivity (Wildman–Crippen MR) is 94.2 cm³/mol.